The van der Waals surface area contributed by atoms with Gasteiger partial charge in [0.2, 0.25) is 0 Å². The summed E-state index contributed by atoms with van der Waals surface area (Å²) in [5.74, 6) is -1.22. The highest BCUT2D eigenvalue weighted by Crippen LogP contribution is 2.24. The zero-order chi connectivity index (χ0) is 10.9. The maximum absolute atomic E-state index is 10.7. The molecule has 0 unspecified atom stereocenters. The molecule has 5 nitrogen and oxygen atoms in total. The van der Waals surface area contributed by atoms with Gasteiger partial charge in [-0.3, -0.25) is 10.1 Å². The Balaban J connectivity index is 3.43. The van der Waals surface area contributed by atoms with E-state index in [1.165, 1.54) is 6.07 Å². The topological polar surface area (TPSA) is 80.4 Å². The summed E-state index contributed by atoms with van der Waals surface area (Å²) in [6.45, 7) is 1.57. The Hall–Kier alpha value is -1.56. The number of aryl methyl sites for hydroxylation is 1. The van der Waals surface area contributed by atoms with Crippen LogP contribution in [0.25, 0.3) is 0 Å². The van der Waals surface area contributed by atoms with Crippen LogP contribution in [0, 0.1) is 17.0 Å². The number of carbonyl (C=O) groups is 1. The lowest BCUT2D eigenvalue weighted by Gasteiger charge is -2.03. The fourth-order valence-corrected chi connectivity index (χ4v) is 1.25. The van der Waals surface area contributed by atoms with Crippen LogP contribution in [0.4, 0.5) is 5.69 Å². The van der Waals surface area contributed by atoms with Crippen LogP contribution >= 0.6 is 12.6 Å². The number of thiol groups is 1. The molecule has 0 fully saturated rings. The Labute approximate surface area is 84.9 Å². The van der Waals surface area contributed by atoms with E-state index in [-0.39, 0.29) is 16.1 Å². The summed E-state index contributed by atoms with van der Waals surface area (Å²) in [7, 11) is 0. The highest BCUT2D eigenvalue weighted by atomic mass is 32.1. The van der Waals surface area contributed by atoms with Crippen molar-refractivity contribution in [3.63, 3.8) is 0 Å². The smallest absolute Gasteiger partial charge is 0.337 e. The summed E-state index contributed by atoms with van der Waals surface area (Å²) < 4.78 is 0. The van der Waals surface area contributed by atoms with Gasteiger partial charge in [0.1, 0.15) is 0 Å². The van der Waals surface area contributed by atoms with Crippen molar-refractivity contribution in [3.8, 4) is 0 Å². The monoisotopic (exact) mass is 213 g/mol. The van der Waals surface area contributed by atoms with E-state index in [9.17, 15) is 14.9 Å². The number of aromatic carboxylic acids is 1. The third-order valence-corrected chi connectivity index (χ3v) is 2.32. The van der Waals surface area contributed by atoms with Gasteiger partial charge in [0.15, 0.2) is 0 Å². The van der Waals surface area contributed by atoms with Gasteiger partial charge in [-0.2, -0.15) is 0 Å². The number of benzene rings is 1. The van der Waals surface area contributed by atoms with Crippen LogP contribution in [-0.4, -0.2) is 16.0 Å². The van der Waals surface area contributed by atoms with Gasteiger partial charge in [0.25, 0.3) is 5.69 Å². The van der Waals surface area contributed by atoms with Crippen molar-refractivity contribution >= 4 is 24.3 Å². The molecule has 0 bridgehead atoms. The summed E-state index contributed by atoms with van der Waals surface area (Å²) in [5, 5.41) is 19.2. The van der Waals surface area contributed by atoms with Crippen LogP contribution < -0.4 is 0 Å². The van der Waals surface area contributed by atoms with Crippen molar-refractivity contribution in [3.05, 3.63) is 33.4 Å². The van der Waals surface area contributed by atoms with Crippen molar-refractivity contribution < 1.29 is 14.8 Å². The zero-order valence-corrected chi connectivity index (χ0v) is 8.12. The van der Waals surface area contributed by atoms with Crippen molar-refractivity contribution in [1.82, 2.24) is 0 Å². The second kappa shape index (κ2) is 3.67. The number of nitrogens with zero attached hydrogens (tertiary/aromatic N) is 1. The van der Waals surface area contributed by atoms with Crippen molar-refractivity contribution in [2.75, 3.05) is 0 Å². The van der Waals surface area contributed by atoms with Gasteiger partial charge in [-0.15, -0.1) is 12.6 Å². The summed E-state index contributed by atoms with van der Waals surface area (Å²) in [6, 6.07) is 2.28. The number of hydrogen-bond acceptors (Lipinski definition) is 4. The molecule has 1 aromatic carbocycles. The van der Waals surface area contributed by atoms with Crippen molar-refractivity contribution in [1.29, 1.82) is 0 Å². The first-order valence-corrected chi connectivity index (χ1v) is 4.09. The second-order valence-corrected chi connectivity index (χ2v) is 3.17. The van der Waals surface area contributed by atoms with Gasteiger partial charge < -0.3 is 5.11 Å². The normalized spacial score (nSPS) is 9.86. The lowest BCUT2D eigenvalue weighted by atomic mass is 10.1. The largest absolute Gasteiger partial charge is 0.478 e. The van der Waals surface area contributed by atoms with Crippen LogP contribution in [0.15, 0.2) is 17.0 Å². The molecule has 0 aliphatic heterocycles. The highest BCUT2D eigenvalue weighted by Gasteiger charge is 2.16. The summed E-state index contributed by atoms with van der Waals surface area (Å²) in [4.78, 5) is 20.7. The molecule has 1 aromatic rings. The number of carboxylic acid groups (broad SMARTS) is 1. The molecule has 14 heavy (non-hydrogen) atoms. The molecule has 1 N–H and O–H groups in total. The van der Waals surface area contributed by atoms with Gasteiger partial charge in [-0.05, 0) is 12.5 Å². The summed E-state index contributed by atoms with van der Waals surface area (Å²) in [6.07, 6.45) is 0. The SMILES string of the molecule is Cc1cc([N+](=O)[O-])cc(C(=O)O)c1S. The van der Waals surface area contributed by atoms with E-state index in [2.05, 4.69) is 12.6 Å². The predicted octanol–water partition coefficient (Wildman–Crippen LogP) is 1.89. The van der Waals surface area contributed by atoms with Crippen molar-refractivity contribution in [2.24, 2.45) is 0 Å². The Bertz CT molecular complexity index is 416. The van der Waals surface area contributed by atoms with Crippen molar-refractivity contribution in [2.45, 2.75) is 11.8 Å². The first-order chi connectivity index (χ1) is 6.43. The first-order valence-electron chi connectivity index (χ1n) is 3.64. The number of non-ortho nitro benzene ring substituents is 1. The molecule has 0 aliphatic carbocycles. The number of nitro groups is 1. The quantitative estimate of drug-likeness (QED) is 0.446. The zero-order valence-electron chi connectivity index (χ0n) is 7.22. The predicted molar refractivity (Wildman–Crippen MR) is 52.0 cm³/mol. The molecular formula is C8H7NO4S. The van der Waals surface area contributed by atoms with E-state index in [4.69, 9.17) is 5.11 Å². The van der Waals surface area contributed by atoms with E-state index in [1.807, 2.05) is 0 Å². The highest BCUT2D eigenvalue weighted by molar-refractivity contribution is 7.80. The molecule has 0 heterocycles. The molecule has 6 heteroatoms. The standard InChI is InChI=1S/C8H7NO4S/c1-4-2-5(9(12)13)3-6(7(4)14)8(10)11/h2-3,14H,1H3,(H,10,11). The molecule has 0 radical (unpaired) electrons. The maximum Gasteiger partial charge on any atom is 0.337 e. The van der Waals surface area contributed by atoms with Crippen LogP contribution in [0.3, 0.4) is 0 Å². The summed E-state index contributed by atoms with van der Waals surface area (Å²) >= 11 is 3.96. The minimum absolute atomic E-state index is 0.153. The Morgan fingerprint density at radius 1 is 1.57 bits per heavy atom. The number of nitro benzene ring substituents is 1. The van der Waals surface area contributed by atoms with E-state index >= 15 is 0 Å². The van der Waals surface area contributed by atoms with Crippen LogP contribution in [0.1, 0.15) is 15.9 Å². The molecule has 0 saturated heterocycles. The van der Waals surface area contributed by atoms with Gasteiger partial charge in [0.05, 0.1) is 10.5 Å². The minimum Gasteiger partial charge on any atom is -0.478 e. The second-order valence-electron chi connectivity index (χ2n) is 2.72. The van der Waals surface area contributed by atoms with E-state index in [0.717, 1.165) is 6.07 Å². The molecule has 0 aliphatic rings. The van der Waals surface area contributed by atoms with Crippen LogP contribution in [0.2, 0.25) is 0 Å². The minimum atomic E-state index is -1.22. The van der Waals surface area contributed by atoms with E-state index in [1.54, 1.807) is 6.92 Å². The fraction of sp³-hybridized carbons (Fsp3) is 0.125. The average molecular weight is 213 g/mol. The van der Waals surface area contributed by atoms with Gasteiger partial charge in [0, 0.05) is 17.0 Å². The Morgan fingerprint density at radius 2 is 2.14 bits per heavy atom. The fourth-order valence-electron chi connectivity index (χ4n) is 1.03. The third-order valence-electron chi connectivity index (χ3n) is 1.73. The molecular weight excluding hydrogens is 206 g/mol. The number of hydrogen-bond donors (Lipinski definition) is 2. The molecule has 0 spiro atoms. The first kappa shape index (κ1) is 10.5. The third kappa shape index (κ3) is 1.85. The maximum atomic E-state index is 10.7. The molecule has 74 valence electrons. The molecule has 0 saturated carbocycles. The molecule has 0 amide bonds. The van der Waals surface area contributed by atoms with E-state index < -0.39 is 10.9 Å². The van der Waals surface area contributed by atoms with Gasteiger partial charge in [-0.25, -0.2) is 4.79 Å². The van der Waals surface area contributed by atoms with E-state index in [0.29, 0.717) is 5.56 Å². The van der Waals surface area contributed by atoms with Gasteiger partial charge in [-0.1, -0.05) is 0 Å². The number of carboxylic acids is 1. The molecule has 0 atom stereocenters. The van der Waals surface area contributed by atoms with Gasteiger partial charge >= 0.3 is 5.97 Å². The van der Waals surface area contributed by atoms with Crippen LogP contribution in [0.5, 0.6) is 0 Å². The lowest BCUT2D eigenvalue weighted by Crippen LogP contribution is -2.01. The number of rotatable bonds is 2. The lowest BCUT2D eigenvalue weighted by molar-refractivity contribution is -0.385. The summed E-state index contributed by atoms with van der Waals surface area (Å²) in [5.41, 5.74) is 0.0812. The van der Waals surface area contributed by atoms with Crippen LogP contribution in [-0.2, 0) is 0 Å². The average Bonchev–Trinajstić information content (AvgIpc) is 2.08. The molecule has 0 aromatic heterocycles. The molecule has 1 rings (SSSR count). The Kier molecular flexibility index (Phi) is 2.76. The Morgan fingerprint density at radius 3 is 2.57 bits per heavy atom.